The first-order valence-corrected chi connectivity index (χ1v) is 11.9. The number of nitrogens with one attached hydrogen (secondary N) is 1. The molecule has 0 bridgehead atoms. The lowest BCUT2D eigenvalue weighted by Crippen LogP contribution is -2.39. The summed E-state index contributed by atoms with van der Waals surface area (Å²) in [6.07, 6.45) is -0.885. The highest BCUT2D eigenvalue weighted by Gasteiger charge is 2.31. The number of alkyl halides is 3. The van der Waals surface area contributed by atoms with E-state index in [1.54, 1.807) is 4.57 Å². The van der Waals surface area contributed by atoms with E-state index in [0.29, 0.717) is 31.5 Å². The smallest absolute Gasteiger partial charge is 0.490 e. The van der Waals surface area contributed by atoms with Gasteiger partial charge in [0.05, 0.1) is 12.6 Å². The van der Waals surface area contributed by atoms with Crippen LogP contribution in [0.2, 0.25) is 0 Å². The molecule has 210 valence electrons. The number of hydrogen-bond acceptors (Lipinski definition) is 10. The van der Waals surface area contributed by atoms with Crippen molar-refractivity contribution in [3.63, 3.8) is 0 Å². The van der Waals surface area contributed by atoms with Crippen molar-refractivity contribution in [2.45, 2.75) is 37.9 Å². The number of aldehydes is 1. The summed E-state index contributed by atoms with van der Waals surface area (Å²) in [5, 5.41) is 13.5. The number of nitro groups is 1. The maximum atomic E-state index is 12.1. The lowest BCUT2D eigenvalue weighted by atomic mass is 10.1. The van der Waals surface area contributed by atoms with E-state index >= 15 is 0 Å². The summed E-state index contributed by atoms with van der Waals surface area (Å²) >= 11 is 0. The number of rotatable bonds is 10. The Balaban J connectivity index is 0.000000241. The number of benzene rings is 1. The molecule has 0 radical (unpaired) electrons. The van der Waals surface area contributed by atoms with E-state index in [1.807, 2.05) is 7.05 Å². The Hall–Kier alpha value is -3.43. The number of hydrogen-bond donors (Lipinski definition) is 1. The number of fused-ring (bicyclic) bond motifs is 1. The summed E-state index contributed by atoms with van der Waals surface area (Å²) in [5.74, 6) is 0.0917. The van der Waals surface area contributed by atoms with Crippen molar-refractivity contribution >= 4 is 12.1 Å². The van der Waals surface area contributed by atoms with Crippen LogP contribution in [0.25, 0.3) is 0 Å². The topological polar surface area (TPSA) is 130 Å². The second-order valence-electron chi connectivity index (χ2n) is 8.51. The summed E-state index contributed by atoms with van der Waals surface area (Å²) in [6.45, 7) is 4.24. The molecule has 0 spiro atoms. The number of likely N-dealkylation sites (N-methyl/N-ethyl adjacent to an activating group) is 1. The van der Waals surface area contributed by atoms with Crippen LogP contribution in [0.4, 0.5) is 19.0 Å². The normalized spacial score (nSPS) is 17.9. The minimum atomic E-state index is -4.69. The van der Waals surface area contributed by atoms with Gasteiger partial charge in [-0.3, -0.25) is 4.57 Å². The van der Waals surface area contributed by atoms with Crippen LogP contribution >= 0.6 is 0 Å². The number of piperidine rings is 1. The van der Waals surface area contributed by atoms with Gasteiger partial charge >= 0.3 is 18.2 Å². The number of carbonyl (C=O) groups is 1. The molecule has 4 rings (SSSR count). The largest absolute Gasteiger partial charge is 0.573 e. The molecular formula is C23H30F3N5O7. The maximum Gasteiger partial charge on any atom is 0.573 e. The summed E-state index contributed by atoms with van der Waals surface area (Å²) < 4.78 is 57.9. The average molecular weight is 546 g/mol. The Morgan fingerprint density at radius 1 is 1.24 bits per heavy atom. The van der Waals surface area contributed by atoms with Gasteiger partial charge in [0.15, 0.2) is 0 Å². The van der Waals surface area contributed by atoms with Crippen LogP contribution in [0, 0.1) is 10.1 Å². The monoisotopic (exact) mass is 545 g/mol. The van der Waals surface area contributed by atoms with Crippen LogP contribution in [-0.2, 0) is 16.1 Å². The van der Waals surface area contributed by atoms with Gasteiger partial charge in [-0.1, -0.05) is 0 Å². The van der Waals surface area contributed by atoms with Gasteiger partial charge in [-0.15, -0.1) is 13.2 Å². The molecule has 1 saturated heterocycles. The highest BCUT2D eigenvalue weighted by Crippen LogP contribution is 2.26. The van der Waals surface area contributed by atoms with Crippen molar-refractivity contribution in [1.82, 2.24) is 19.8 Å². The Bertz CT molecular complexity index is 1030. The summed E-state index contributed by atoms with van der Waals surface area (Å²) in [4.78, 5) is 26.0. The standard InChI is InChI=1S/C16H20F3NO4.C7H10N4O3/c17-16(18,19)24-15-3-1-13(2-4-15)23-14-5-7-20(8-6-14)9-11-22-12-10-21;1-8-5-2-10-3-6(11(12)13)9-7(10)14-4-5/h1-4,10,14H,5-9,11-12H2;3,5,8H,2,4H2,1H3. The zero-order valence-corrected chi connectivity index (χ0v) is 20.8. The molecule has 38 heavy (non-hydrogen) atoms. The van der Waals surface area contributed by atoms with Crippen LogP contribution in [0.1, 0.15) is 12.8 Å². The first kappa shape index (κ1) is 29.1. The van der Waals surface area contributed by atoms with Crippen molar-refractivity contribution < 1.29 is 41.8 Å². The van der Waals surface area contributed by atoms with Crippen molar-refractivity contribution in [3.8, 4) is 17.5 Å². The van der Waals surface area contributed by atoms with Gasteiger partial charge < -0.3 is 44.1 Å². The van der Waals surface area contributed by atoms with Gasteiger partial charge in [-0.25, -0.2) is 0 Å². The van der Waals surface area contributed by atoms with Crippen LogP contribution in [0.3, 0.4) is 0 Å². The lowest BCUT2D eigenvalue weighted by molar-refractivity contribution is -0.389. The van der Waals surface area contributed by atoms with Crippen molar-refractivity contribution in [3.05, 3.63) is 40.6 Å². The third-order valence-electron chi connectivity index (χ3n) is 5.79. The van der Waals surface area contributed by atoms with E-state index in [0.717, 1.165) is 38.8 Å². The van der Waals surface area contributed by atoms with Crippen LogP contribution in [0.5, 0.6) is 17.5 Å². The van der Waals surface area contributed by atoms with E-state index in [2.05, 4.69) is 19.9 Å². The molecular weight excluding hydrogens is 515 g/mol. The number of halogens is 3. The SMILES string of the molecule is CNC1COc2nc([N+](=O)[O-])cn2C1.O=CCOCCN1CCC(Oc2ccc(OC(F)(F)F)cc2)CC1. The van der Waals surface area contributed by atoms with E-state index < -0.39 is 11.3 Å². The lowest BCUT2D eigenvalue weighted by Gasteiger charge is -2.32. The van der Waals surface area contributed by atoms with Gasteiger partial charge in [-0.2, -0.15) is 0 Å². The number of carbonyl (C=O) groups excluding carboxylic acids is 1. The second-order valence-corrected chi connectivity index (χ2v) is 8.51. The van der Waals surface area contributed by atoms with Crippen LogP contribution in [0.15, 0.2) is 30.5 Å². The van der Waals surface area contributed by atoms with E-state index in [-0.39, 0.29) is 30.3 Å². The molecule has 2 aliphatic heterocycles. The van der Waals surface area contributed by atoms with Crippen LogP contribution < -0.4 is 19.5 Å². The fourth-order valence-electron chi connectivity index (χ4n) is 3.85. The van der Waals surface area contributed by atoms with E-state index in [1.165, 1.54) is 30.5 Å². The molecule has 0 saturated carbocycles. The number of ether oxygens (including phenoxy) is 4. The maximum absolute atomic E-state index is 12.1. The number of nitrogens with zero attached hydrogens (tertiary/aromatic N) is 4. The third kappa shape index (κ3) is 9.46. The van der Waals surface area contributed by atoms with Gasteiger partial charge in [0, 0.05) is 31.2 Å². The molecule has 2 aromatic rings. The molecule has 1 N–H and O–H groups in total. The molecule has 1 fully saturated rings. The Morgan fingerprint density at radius 3 is 2.53 bits per heavy atom. The Morgan fingerprint density at radius 2 is 1.92 bits per heavy atom. The quantitative estimate of drug-likeness (QED) is 0.206. The average Bonchev–Trinajstić information content (AvgIpc) is 3.32. The molecule has 3 heterocycles. The molecule has 0 aliphatic carbocycles. The van der Waals surface area contributed by atoms with Gasteiger partial charge in [0.1, 0.15) is 43.3 Å². The van der Waals surface area contributed by atoms with Crippen molar-refractivity contribution in [2.24, 2.45) is 0 Å². The number of aromatic nitrogens is 2. The summed E-state index contributed by atoms with van der Waals surface area (Å²) in [5.41, 5.74) is 0. The first-order chi connectivity index (χ1) is 18.2. The highest BCUT2D eigenvalue weighted by atomic mass is 19.4. The fourth-order valence-corrected chi connectivity index (χ4v) is 3.85. The number of likely N-dealkylation sites (tertiary alicyclic amines) is 1. The second kappa shape index (κ2) is 13.9. The Kier molecular flexibility index (Phi) is 10.7. The minimum Gasteiger partial charge on any atom is -0.490 e. The molecule has 1 atom stereocenters. The van der Waals surface area contributed by atoms with Gasteiger partial charge in [-0.05, 0) is 49.1 Å². The van der Waals surface area contributed by atoms with Gasteiger partial charge in [0.2, 0.25) is 0 Å². The third-order valence-corrected chi connectivity index (χ3v) is 5.79. The van der Waals surface area contributed by atoms with E-state index in [9.17, 15) is 28.1 Å². The van der Waals surface area contributed by atoms with E-state index in [4.69, 9.17) is 14.2 Å². The number of imidazole rings is 1. The zero-order valence-electron chi connectivity index (χ0n) is 20.8. The molecule has 0 amide bonds. The van der Waals surface area contributed by atoms with Crippen molar-refractivity contribution in [1.29, 1.82) is 0 Å². The zero-order chi connectivity index (χ0) is 27.5. The predicted octanol–water partition coefficient (Wildman–Crippen LogP) is 2.42. The molecule has 2 aliphatic rings. The van der Waals surface area contributed by atoms with Crippen molar-refractivity contribution in [2.75, 3.05) is 46.5 Å². The Labute approximate surface area is 216 Å². The van der Waals surface area contributed by atoms with Crippen LogP contribution in [-0.4, -0.2) is 90.7 Å². The fraction of sp³-hybridized carbons (Fsp3) is 0.565. The highest BCUT2D eigenvalue weighted by molar-refractivity contribution is 5.50. The molecule has 1 unspecified atom stereocenters. The van der Waals surface area contributed by atoms with Gasteiger partial charge in [0.25, 0.3) is 0 Å². The summed E-state index contributed by atoms with van der Waals surface area (Å²) in [6, 6.07) is 5.92. The molecule has 1 aromatic carbocycles. The minimum absolute atomic E-state index is 0.0338. The molecule has 12 nitrogen and oxygen atoms in total. The molecule has 1 aromatic heterocycles. The summed E-state index contributed by atoms with van der Waals surface area (Å²) in [7, 11) is 1.82. The predicted molar refractivity (Wildman–Crippen MR) is 127 cm³/mol. The molecule has 15 heteroatoms. The first-order valence-electron chi connectivity index (χ1n) is 11.9.